The van der Waals surface area contributed by atoms with Gasteiger partial charge in [0.15, 0.2) is 0 Å². The van der Waals surface area contributed by atoms with E-state index in [4.69, 9.17) is 0 Å². The van der Waals surface area contributed by atoms with Crippen LogP contribution in [0.25, 0.3) is 0 Å². The quantitative estimate of drug-likeness (QED) is 0.554. The molecule has 0 fully saturated rings. The summed E-state index contributed by atoms with van der Waals surface area (Å²) >= 11 is 0. The van der Waals surface area contributed by atoms with E-state index in [1.807, 2.05) is 0 Å². The van der Waals surface area contributed by atoms with Crippen molar-refractivity contribution in [1.82, 2.24) is 0 Å². The van der Waals surface area contributed by atoms with Crippen LogP contribution in [0.1, 0.15) is 7.43 Å². The van der Waals surface area contributed by atoms with Crippen LogP contribution in [0.3, 0.4) is 0 Å². The maximum Gasteiger partial charge on any atom is 0 e. The van der Waals surface area contributed by atoms with E-state index >= 15 is 0 Å². The van der Waals surface area contributed by atoms with Gasteiger partial charge in [-0.2, -0.15) is 0 Å². The Morgan fingerprint density at radius 3 is 1.00 bits per heavy atom. The van der Waals surface area contributed by atoms with E-state index in [2.05, 4.69) is 0 Å². The standard InChI is InChI=1S/CH4.Mo.Ti.Zr/h1H4;;;. The largest absolute Gasteiger partial charge is 0.0776 e. The topological polar surface area (TPSA) is 0 Å². The van der Waals surface area contributed by atoms with E-state index < -0.39 is 0 Å². The molecule has 0 aliphatic heterocycles. The summed E-state index contributed by atoms with van der Waals surface area (Å²) in [6, 6.07) is 0. The SMILES string of the molecule is C.[Mo].[Ti].[Zr]. The maximum atomic E-state index is 0. The third kappa shape index (κ3) is 8.86. The molecule has 0 unspecified atom stereocenters. The molecule has 0 saturated heterocycles. The second-order valence-corrected chi connectivity index (χ2v) is 0. The molecular weight excluding hydrogens is 247 g/mol. The minimum atomic E-state index is 0. The van der Waals surface area contributed by atoms with Gasteiger partial charge < -0.3 is 0 Å². The van der Waals surface area contributed by atoms with Gasteiger partial charge in [0.1, 0.15) is 0 Å². The van der Waals surface area contributed by atoms with E-state index in [1.54, 1.807) is 0 Å². The molecule has 3 heteroatoms. The molecule has 0 aromatic carbocycles. The smallest absolute Gasteiger partial charge is 0 e. The summed E-state index contributed by atoms with van der Waals surface area (Å²) in [5, 5.41) is 0. The molecule has 0 aromatic rings. The van der Waals surface area contributed by atoms with Gasteiger partial charge in [-0.15, -0.1) is 0 Å². The number of rotatable bonds is 0. The van der Waals surface area contributed by atoms with Crippen molar-refractivity contribution in [3.8, 4) is 0 Å². The van der Waals surface area contributed by atoms with Gasteiger partial charge in [-0.25, -0.2) is 0 Å². The van der Waals surface area contributed by atoms with E-state index in [0.717, 1.165) is 0 Å². The molecule has 0 heterocycles. The van der Waals surface area contributed by atoms with Crippen LogP contribution in [0.4, 0.5) is 0 Å². The van der Waals surface area contributed by atoms with Crippen molar-refractivity contribution in [2.24, 2.45) is 0 Å². The Labute approximate surface area is 75.4 Å². The average Bonchev–Trinajstić information content (AvgIpc) is 0. The first kappa shape index (κ1) is 33.6. The van der Waals surface area contributed by atoms with E-state index in [0.29, 0.717) is 0 Å². The minimum Gasteiger partial charge on any atom is -0.0776 e. The summed E-state index contributed by atoms with van der Waals surface area (Å²) in [5.41, 5.74) is 0. The molecule has 0 aromatic heterocycles. The number of hydrogen-bond donors (Lipinski definition) is 0. The first-order valence-electron chi connectivity index (χ1n) is 0. The summed E-state index contributed by atoms with van der Waals surface area (Å²) < 4.78 is 0. The van der Waals surface area contributed by atoms with Crippen LogP contribution in [0, 0.1) is 0 Å². The summed E-state index contributed by atoms with van der Waals surface area (Å²) in [4.78, 5) is 0. The second kappa shape index (κ2) is 18.6. The van der Waals surface area contributed by atoms with Gasteiger partial charge in [0, 0.05) is 69.0 Å². The zero-order valence-electron chi connectivity index (χ0n) is 1.41. The Morgan fingerprint density at radius 1 is 1.00 bits per heavy atom. The molecule has 4 heavy (non-hydrogen) atoms. The first-order chi connectivity index (χ1) is 0. The van der Waals surface area contributed by atoms with Gasteiger partial charge in [-0.05, 0) is 0 Å². The summed E-state index contributed by atoms with van der Waals surface area (Å²) in [7, 11) is 0. The summed E-state index contributed by atoms with van der Waals surface area (Å²) in [5.74, 6) is 0. The van der Waals surface area contributed by atoms with E-state index in [9.17, 15) is 0 Å². The van der Waals surface area contributed by atoms with Crippen LogP contribution in [0.2, 0.25) is 0 Å². The van der Waals surface area contributed by atoms with Gasteiger partial charge >= 0.3 is 0 Å². The zero-order chi connectivity index (χ0) is 0. The van der Waals surface area contributed by atoms with E-state index in [1.165, 1.54) is 0 Å². The van der Waals surface area contributed by atoms with Crippen LogP contribution in [0.15, 0.2) is 0 Å². The van der Waals surface area contributed by atoms with Crippen molar-refractivity contribution in [3.63, 3.8) is 0 Å². The molecule has 0 amide bonds. The van der Waals surface area contributed by atoms with Gasteiger partial charge in [0.05, 0.1) is 0 Å². The van der Waals surface area contributed by atoms with Gasteiger partial charge in [-0.1, -0.05) is 7.43 Å². The van der Waals surface area contributed by atoms with Crippen LogP contribution >= 0.6 is 0 Å². The van der Waals surface area contributed by atoms with Crippen LogP contribution in [-0.2, 0) is 69.0 Å². The molecule has 22 valence electrons. The van der Waals surface area contributed by atoms with Crippen molar-refractivity contribution in [1.29, 1.82) is 0 Å². The molecule has 0 spiro atoms. The zero-order valence-corrected chi connectivity index (χ0v) is 7.43. The molecule has 0 N–H and O–H groups in total. The van der Waals surface area contributed by atoms with Gasteiger partial charge in [0.25, 0.3) is 0 Å². The second-order valence-electron chi connectivity index (χ2n) is 0. The van der Waals surface area contributed by atoms with Crippen molar-refractivity contribution < 1.29 is 69.0 Å². The Kier molecular flexibility index (Phi) is 156. The van der Waals surface area contributed by atoms with E-state index in [-0.39, 0.29) is 76.4 Å². The molecule has 0 aliphatic carbocycles. The van der Waals surface area contributed by atoms with Crippen LogP contribution in [0.5, 0.6) is 0 Å². The van der Waals surface area contributed by atoms with Crippen molar-refractivity contribution in [2.45, 2.75) is 7.43 Å². The Balaban J connectivity index is 0. The van der Waals surface area contributed by atoms with Crippen molar-refractivity contribution in [3.05, 3.63) is 0 Å². The molecule has 0 rings (SSSR count). The molecule has 0 saturated carbocycles. The fourth-order valence-corrected chi connectivity index (χ4v) is 0. The molecule has 0 radical (unpaired) electrons. The predicted octanol–water partition coefficient (Wildman–Crippen LogP) is 0.629. The first-order valence-corrected chi connectivity index (χ1v) is 0. The Bertz CT molecular complexity index is 8.00. The molecule has 0 aliphatic rings. The fourth-order valence-electron chi connectivity index (χ4n) is 0. The van der Waals surface area contributed by atoms with Gasteiger partial charge in [-0.3, -0.25) is 0 Å². The third-order valence-electron chi connectivity index (χ3n) is 0. The molecule has 0 bridgehead atoms. The molecular formula is CH4MoTiZr. The third-order valence-corrected chi connectivity index (χ3v) is 0. The average molecular weight is 251 g/mol. The fraction of sp³-hybridized carbons (Fsp3) is 1.00. The Hall–Kier alpha value is 2.29. The maximum absolute atomic E-state index is 0. The minimum absolute atomic E-state index is 0. The van der Waals surface area contributed by atoms with Crippen LogP contribution in [-0.4, -0.2) is 0 Å². The molecule has 0 nitrogen and oxygen atoms in total. The number of hydrogen-bond acceptors (Lipinski definition) is 0. The summed E-state index contributed by atoms with van der Waals surface area (Å²) in [6.07, 6.45) is 0. The van der Waals surface area contributed by atoms with Gasteiger partial charge in [0.2, 0.25) is 0 Å². The molecule has 0 atom stereocenters. The predicted molar refractivity (Wildman–Crippen MR) is 6.73 cm³/mol. The Morgan fingerprint density at radius 2 is 1.00 bits per heavy atom. The normalized spacial score (nSPS) is 0. The van der Waals surface area contributed by atoms with Crippen LogP contribution < -0.4 is 0 Å². The monoisotopic (exact) mass is 252 g/mol. The van der Waals surface area contributed by atoms with Crippen molar-refractivity contribution in [2.75, 3.05) is 0 Å². The summed E-state index contributed by atoms with van der Waals surface area (Å²) in [6.45, 7) is 0. The van der Waals surface area contributed by atoms with Crippen molar-refractivity contribution >= 4 is 0 Å².